The van der Waals surface area contributed by atoms with Crippen LogP contribution in [0.2, 0.25) is 0 Å². The fourth-order valence-corrected chi connectivity index (χ4v) is 5.55. The Balaban J connectivity index is 1.71. The zero-order valence-electron chi connectivity index (χ0n) is 18.0. The Hall–Kier alpha value is -3.89. The molecule has 0 aliphatic carbocycles. The molecule has 1 atom stereocenters. The molecule has 0 bridgehead atoms. The largest absolute Gasteiger partial charge is 0.268 e. The molecule has 5 aromatic rings. The van der Waals surface area contributed by atoms with Crippen molar-refractivity contribution < 1.29 is 8.42 Å². The summed E-state index contributed by atoms with van der Waals surface area (Å²) in [5, 5.41) is 0.920. The molecule has 0 aliphatic heterocycles. The Morgan fingerprint density at radius 2 is 1.24 bits per heavy atom. The van der Waals surface area contributed by atoms with E-state index in [9.17, 15) is 8.42 Å². The lowest BCUT2D eigenvalue weighted by atomic mass is 9.90. The zero-order valence-corrected chi connectivity index (χ0v) is 18.8. The summed E-state index contributed by atoms with van der Waals surface area (Å²) in [6.07, 6.45) is 6.02. The highest BCUT2D eigenvalue weighted by atomic mass is 32.2. The van der Waals surface area contributed by atoms with Gasteiger partial charge in [0.1, 0.15) is 0 Å². The van der Waals surface area contributed by atoms with Gasteiger partial charge in [0, 0.05) is 17.5 Å². The van der Waals surface area contributed by atoms with Crippen LogP contribution in [0.3, 0.4) is 0 Å². The molecule has 5 rings (SSSR count). The van der Waals surface area contributed by atoms with Gasteiger partial charge in [-0.1, -0.05) is 109 Å². The van der Waals surface area contributed by atoms with Gasteiger partial charge in [-0.25, -0.2) is 12.4 Å². The Morgan fingerprint density at radius 3 is 1.94 bits per heavy atom. The van der Waals surface area contributed by atoms with Crippen LogP contribution in [-0.4, -0.2) is 12.4 Å². The summed E-state index contributed by atoms with van der Waals surface area (Å²) in [7, 11) is -3.73. The molecule has 0 spiro atoms. The van der Waals surface area contributed by atoms with Gasteiger partial charge in [-0.3, -0.25) is 0 Å². The molecule has 4 aromatic carbocycles. The fourth-order valence-electron chi connectivity index (χ4n) is 4.15. The normalized spacial score (nSPS) is 12.8. The standard InChI is InChI=1S/C29H23NO2S/c31-33(32,25-16-8-3-9-17-25)30-22-28(27-18-10-11-19-29(27)30)26(24-14-6-2-7-15-24)21-20-23-12-4-1-5-13-23/h1-22,26H/b21-20+. The minimum atomic E-state index is -3.73. The molecule has 0 aliphatic rings. The lowest BCUT2D eigenvalue weighted by Gasteiger charge is -2.13. The third-order valence-corrected chi connectivity index (χ3v) is 7.47. The molecule has 0 amide bonds. The van der Waals surface area contributed by atoms with E-state index in [2.05, 4.69) is 36.4 Å². The first-order chi connectivity index (χ1) is 16.1. The van der Waals surface area contributed by atoms with Crippen molar-refractivity contribution in [3.8, 4) is 0 Å². The minimum Gasteiger partial charge on any atom is -0.241 e. The van der Waals surface area contributed by atoms with Crippen molar-refractivity contribution in [2.75, 3.05) is 0 Å². The third kappa shape index (κ3) is 4.13. The molecule has 0 saturated heterocycles. The maximum absolute atomic E-state index is 13.5. The summed E-state index contributed by atoms with van der Waals surface area (Å²) in [5.41, 5.74) is 3.82. The predicted octanol–water partition coefficient (Wildman–Crippen LogP) is 6.72. The van der Waals surface area contributed by atoms with Crippen LogP contribution in [0.1, 0.15) is 22.6 Å². The predicted molar refractivity (Wildman–Crippen MR) is 135 cm³/mol. The topological polar surface area (TPSA) is 39.1 Å². The maximum Gasteiger partial charge on any atom is 0.268 e. The SMILES string of the molecule is O=S(=O)(c1ccccc1)n1cc(C(/C=C/c2ccccc2)c2ccccc2)c2ccccc21. The van der Waals surface area contributed by atoms with Crippen molar-refractivity contribution in [1.29, 1.82) is 0 Å². The van der Waals surface area contributed by atoms with Crippen LogP contribution < -0.4 is 0 Å². The molecule has 4 heteroatoms. The van der Waals surface area contributed by atoms with Crippen molar-refractivity contribution in [2.24, 2.45) is 0 Å². The lowest BCUT2D eigenvalue weighted by Crippen LogP contribution is -2.11. The van der Waals surface area contributed by atoms with Gasteiger partial charge in [-0.05, 0) is 34.9 Å². The van der Waals surface area contributed by atoms with E-state index in [1.165, 1.54) is 3.97 Å². The Kier molecular flexibility index (Phi) is 5.68. The van der Waals surface area contributed by atoms with Gasteiger partial charge in [0.05, 0.1) is 10.4 Å². The van der Waals surface area contributed by atoms with E-state index >= 15 is 0 Å². The van der Waals surface area contributed by atoms with Crippen molar-refractivity contribution in [3.63, 3.8) is 0 Å². The van der Waals surface area contributed by atoms with E-state index in [-0.39, 0.29) is 10.8 Å². The van der Waals surface area contributed by atoms with Crippen molar-refractivity contribution >= 4 is 27.0 Å². The molecular formula is C29H23NO2S. The number of hydrogen-bond acceptors (Lipinski definition) is 2. The van der Waals surface area contributed by atoms with Crippen LogP contribution in [0.5, 0.6) is 0 Å². The molecule has 0 fully saturated rings. The van der Waals surface area contributed by atoms with E-state index in [1.807, 2.05) is 66.7 Å². The Morgan fingerprint density at radius 1 is 0.667 bits per heavy atom. The second-order valence-corrected chi connectivity index (χ2v) is 9.69. The first-order valence-electron chi connectivity index (χ1n) is 10.8. The van der Waals surface area contributed by atoms with Crippen molar-refractivity contribution in [2.45, 2.75) is 10.8 Å². The van der Waals surface area contributed by atoms with Gasteiger partial charge in [0.2, 0.25) is 0 Å². The molecule has 1 unspecified atom stereocenters. The van der Waals surface area contributed by atoms with Gasteiger partial charge >= 0.3 is 0 Å². The first kappa shape index (κ1) is 21.0. The van der Waals surface area contributed by atoms with E-state index in [0.29, 0.717) is 5.52 Å². The van der Waals surface area contributed by atoms with Gasteiger partial charge < -0.3 is 0 Å². The molecule has 3 nitrogen and oxygen atoms in total. The average molecular weight is 450 g/mol. The summed E-state index contributed by atoms with van der Waals surface area (Å²) in [6, 6.07) is 36.6. The Labute approximate surface area is 194 Å². The van der Waals surface area contributed by atoms with Crippen LogP contribution >= 0.6 is 0 Å². The molecular weight excluding hydrogens is 426 g/mol. The zero-order chi connectivity index (χ0) is 22.7. The van der Waals surface area contributed by atoms with Gasteiger partial charge in [-0.15, -0.1) is 0 Å². The first-order valence-corrected chi connectivity index (χ1v) is 12.3. The van der Waals surface area contributed by atoms with Crippen molar-refractivity contribution in [1.82, 2.24) is 3.97 Å². The summed E-state index contributed by atoms with van der Waals surface area (Å²) in [6.45, 7) is 0. The third-order valence-electron chi connectivity index (χ3n) is 5.78. The second kappa shape index (κ2) is 8.93. The lowest BCUT2D eigenvalue weighted by molar-refractivity contribution is 0.589. The van der Waals surface area contributed by atoms with Gasteiger partial charge in [0.25, 0.3) is 10.0 Å². The fraction of sp³-hybridized carbons (Fsp3) is 0.0345. The number of hydrogen-bond donors (Lipinski definition) is 0. The summed E-state index contributed by atoms with van der Waals surface area (Å²) in [4.78, 5) is 0.272. The summed E-state index contributed by atoms with van der Waals surface area (Å²) < 4.78 is 28.5. The number of para-hydroxylation sites is 1. The molecule has 0 N–H and O–H groups in total. The maximum atomic E-state index is 13.5. The van der Waals surface area contributed by atoms with Crippen molar-refractivity contribution in [3.05, 3.63) is 144 Å². The number of benzene rings is 4. The van der Waals surface area contributed by atoms with Crippen LogP contribution in [-0.2, 0) is 10.0 Å². The van der Waals surface area contributed by atoms with Crippen LogP contribution in [0.15, 0.2) is 132 Å². The number of fused-ring (bicyclic) bond motifs is 1. The van der Waals surface area contributed by atoms with E-state index in [1.54, 1.807) is 30.5 Å². The highest BCUT2D eigenvalue weighted by molar-refractivity contribution is 7.90. The quantitative estimate of drug-likeness (QED) is 0.288. The van der Waals surface area contributed by atoms with Crippen LogP contribution in [0.4, 0.5) is 0 Å². The van der Waals surface area contributed by atoms with Gasteiger partial charge in [-0.2, -0.15) is 0 Å². The van der Waals surface area contributed by atoms with E-state index < -0.39 is 10.0 Å². The summed E-state index contributed by atoms with van der Waals surface area (Å²) >= 11 is 0. The minimum absolute atomic E-state index is 0.108. The Bertz CT molecular complexity index is 1500. The number of nitrogens with zero attached hydrogens (tertiary/aromatic N) is 1. The highest BCUT2D eigenvalue weighted by Gasteiger charge is 2.24. The molecule has 33 heavy (non-hydrogen) atoms. The molecule has 0 radical (unpaired) electrons. The number of rotatable bonds is 6. The molecule has 0 saturated carbocycles. The summed E-state index contributed by atoms with van der Waals surface area (Å²) in [5.74, 6) is -0.108. The highest BCUT2D eigenvalue weighted by Crippen LogP contribution is 2.35. The molecule has 162 valence electrons. The second-order valence-electron chi connectivity index (χ2n) is 7.87. The monoisotopic (exact) mass is 449 g/mol. The molecule has 1 aromatic heterocycles. The molecule has 1 heterocycles. The van der Waals surface area contributed by atoms with E-state index in [4.69, 9.17) is 0 Å². The van der Waals surface area contributed by atoms with E-state index in [0.717, 1.165) is 22.1 Å². The van der Waals surface area contributed by atoms with Crippen LogP contribution in [0, 0.1) is 0 Å². The smallest absolute Gasteiger partial charge is 0.241 e. The average Bonchev–Trinajstić information content (AvgIpc) is 3.26. The van der Waals surface area contributed by atoms with Crippen LogP contribution in [0.25, 0.3) is 17.0 Å². The van der Waals surface area contributed by atoms with Gasteiger partial charge in [0.15, 0.2) is 0 Å². The number of aromatic nitrogens is 1. The number of allylic oxidation sites excluding steroid dienone is 1.